The minimum Gasteiger partial charge on any atom is -0.490 e. The molecule has 0 fully saturated rings. The standard InChI is InChI=1S/C19H23N3O2S/c1-3-15-9-14(2)10-18(11-15)24-8-7-23-17-6-4-5-16(12-17)13-21-22-19(20)25/h4-6,9-13H,3,7-8H2,1-2H3,(H3,20,22,25). The van der Waals surface area contributed by atoms with Crippen LogP contribution in [0.4, 0.5) is 0 Å². The molecular formula is C19H23N3O2S. The van der Waals surface area contributed by atoms with E-state index in [-0.39, 0.29) is 5.11 Å². The lowest BCUT2D eigenvalue weighted by Gasteiger charge is -2.10. The Labute approximate surface area is 153 Å². The maximum absolute atomic E-state index is 5.78. The van der Waals surface area contributed by atoms with Crippen LogP contribution in [0.5, 0.6) is 11.5 Å². The minimum atomic E-state index is 0.128. The molecule has 6 heteroatoms. The van der Waals surface area contributed by atoms with Crippen LogP contribution in [0, 0.1) is 6.92 Å². The van der Waals surface area contributed by atoms with Crippen molar-refractivity contribution < 1.29 is 9.47 Å². The lowest BCUT2D eigenvalue weighted by Crippen LogP contribution is -2.23. The Balaban J connectivity index is 1.82. The van der Waals surface area contributed by atoms with Crippen molar-refractivity contribution in [1.29, 1.82) is 0 Å². The van der Waals surface area contributed by atoms with Gasteiger partial charge in [0.2, 0.25) is 0 Å². The maximum Gasteiger partial charge on any atom is 0.184 e. The van der Waals surface area contributed by atoms with Gasteiger partial charge in [0.15, 0.2) is 5.11 Å². The summed E-state index contributed by atoms with van der Waals surface area (Å²) in [4.78, 5) is 0. The van der Waals surface area contributed by atoms with Crippen LogP contribution in [0.3, 0.4) is 0 Å². The van der Waals surface area contributed by atoms with Crippen LogP contribution in [0.2, 0.25) is 0 Å². The normalized spacial score (nSPS) is 10.6. The Hall–Kier alpha value is -2.60. The van der Waals surface area contributed by atoms with E-state index in [4.69, 9.17) is 15.2 Å². The minimum absolute atomic E-state index is 0.128. The average Bonchev–Trinajstić information content (AvgIpc) is 2.58. The van der Waals surface area contributed by atoms with Gasteiger partial charge in [-0.3, -0.25) is 5.43 Å². The first kappa shape index (κ1) is 18.7. The fourth-order valence-electron chi connectivity index (χ4n) is 2.29. The van der Waals surface area contributed by atoms with Gasteiger partial charge in [-0.05, 0) is 66.5 Å². The molecule has 0 radical (unpaired) electrons. The molecular weight excluding hydrogens is 334 g/mol. The number of nitrogens with one attached hydrogen (secondary N) is 1. The van der Waals surface area contributed by atoms with E-state index in [1.165, 1.54) is 11.1 Å². The van der Waals surface area contributed by atoms with E-state index in [1.54, 1.807) is 6.21 Å². The zero-order valence-electron chi connectivity index (χ0n) is 14.5. The molecule has 5 nitrogen and oxygen atoms in total. The van der Waals surface area contributed by atoms with Gasteiger partial charge in [-0.15, -0.1) is 0 Å². The number of nitrogens with zero attached hydrogens (tertiary/aromatic N) is 1. The van der Waals surface area contributed by atoms with Crippen LogP contribution in [-0.2, 0) is 6.42 Å². The second kappa shape index (κ2) is 9.64. The first-order chi connectivity index (χ1) is 12.1. The molecule has 0 aliphatic rings. The topological polar surface area (TPSA) is 68.9 Å². The Kier molecular flexibility index (Phi) is 7.22. The van der Waals surface area contributed by atoms with Gasteiger partial charge in [-0.25, -0.2) is 0 Å². The summed E-state index contributed by atoms with van der Waals surface area (Å²) in [6, 6.07) is 13.8. The Bertz CT molecular complexity index is 747. The molecule has 0 bridgehead atoms. The van der Waals surface area contributed by atoms with E-state index in [0.717, 1.165) is 23.5 Å². The smallest absolute Gasteiger partial charge is 0.184 e. The molecule has 2 rings (SSSR count). The highest BCUT2D eigenvalue weighted by atomic mass is 32.1. The zero-order valence-corrected chi connectivity index (χ0v) is 15.3. The van der Waals surface area contributed by atoms with Gasteiger partial charge < -0.3 is 15.2 Å². The first-order valence-corrected chi connectivity index (χ1v) is 8.52. The monoisotopic (exact) mass is 357 g/mol. The van der Waals surface area contributed by atoms with Crippen molar-refractivity contribution >= 4 is 23.5 Å². The molecule has 132 valence electrons. The number of aryl methyl sites for hydroxylation is 2. The van der Waals surface area contributed by atoms with Crippen molar-refractivity contribution in [1.82, 2.24) is 5.43 Å². The highest BCUT2D eigenvalue weighted by Crippen LogP contribution is 2.17. The second-order valence-electron chi connectivity index (χ2n) is 5.51. The van der Waals surface area contributed by atoms with Crippen molar-refractivity contribution in [3.63, 3.8) is 0 Å². The van der Waals surface area contributed by atoms with E-state index in [0.29, 0.717) is 13.2 Å². The van der Waals surface area contributed by atoms with Crippen molar-refractivity contribution in [3.05, 3.63) is 59.2 Å². The van der Waals surface area contributed by atoms with Crippen LogP contribution in [-0.4, -0.2) is 24.5 Å². The van der Waals surface area contributed by atoms with Gasteiger partial charge in [0.1, 0.15) is 24.7 Å². The number of thiocarbonyl (C=S) groups is 1. The molecule has 0 aromatic heterocycles. The van der Waals surface area contributed by atoms with E-state index < -0.39 is 0 Å². The van der Waals surface area contributed by atoms with Gasteiger partial charge in [-0.2, -0.15) is 5.10 Å². The molecule has 3 N–H and O–H groups in total. The van der Waals surface area contributed by atoms with Gasteiger partial charge in [0.25, 0.3) is 0 Å². The van der Waals surface area contributed by atoms with E-state index >= 15 is 0 Å². The third-order valence-electron chi connectivity index (χ3n) is 3.39. The number of hydrogen-bond donors (Lipinski definition) is 2. The van der Waals surface area contributed by atoms with Gasteiger partial charge in [-0.1, -0.05) is 25.1 Å². The summed E-state index contributed by atoms with van der Waals surface area (Å²) in [5.74, 6) is 1.63. The predicted molar refractivity (Wildman–Crippen MR) is 106 cm³/mol. The number of hydrazone groups is 1. The molecule has 0 heterocycles. The maximum atomic E-state index is 5.78. The Morgan fingerprint density at radius 1 is 1.16 bits per heavy atom. The van der Waals surface area contributed by atoms with Crippen LogP contribution >= 0.6 is 12.2 Å². The first-order valence-electron chi connectivity index (χ1n) is 8.11. The Morgan fingerprint density at radius 2 is 1.92 bits per heavy atom. The summed E-state index contributed by atoms with van der Waals surface area (Å²) >= 11 is 4.69. The molecule has 0 spiro atoms. The molecule has 0 unspecified atom stereocenters. The summed E-state index contributed by atoms with van der Waals surface area (Å²) in [7, 11) is 0. The molecule has 0 aliphatic carbocycles. The highest BCUT2D eigenvalue weighted by molar-refractivity contribution is 7.80. The SMILES string of the molecule is CCc1cc(C)cc(OCCOc2cccc(C=NNC(N)=S)c2)c1. The summed E-state index contributed by atoms with van der Waals surface area (Å²) in [6.07, 6.45) is 2.62. The van der Waals surface area contributed by atoms with Crippen LogP contribution in [0.25, 0.3) is 0 Å². The van der Waals surface area contributed by atoms with E-state index in [2.05, 4.69) is 48.7 Å². The molecule has 2 aromatic carbocycles. The fraction of sp³-hybridized carbons (Fsp3) is 0.263. The van der Waals surface area contributed by atoms with Crippen LogP contribution in [0.1, 0.15) is 23.6 Å². The molecule has 0 aliphatic heterocycles. The molecule has 0 amide bonds. The summed E-state index contributed by atoms with van der Waals surface area (Å²) in [5.41, 5.74) is 11.2. The molecule has 0 atom stereocenters. The third-order valence-corrected chi connectivity index (χ3v) is 3.48. The predicted octanol–water partition coefficient (Wildman–Crippen LogP) is 3.18. The van der Waals surface area contributed by atoms with Crippen LogP contribution in [0.15, 0.2) is 47.6 Å². The van der Waals surface area contributed by atoms with E-state index in [1.807, 2.05) is 30.3 Å². The largest absolute Gasteiger partial charge is 0.490 e. The quantitative estimate of drug-likeness (QED) is 0.329. The average molecular weight is 357 g/mol. The van der Waals surface area contributed by atoms with Gasteiger partial charge in [0, 0.05) is 0 Å². The fourth-order valence-corrected chi connectivity index (χ4v) is 2.34. The summed E-state index contributed by atoms with van der Waals surface area (Å²) in [5, 5.41) is 4.05. The lowest BCUT2D eigenvalue weighted by molar-refractivity contribution is 0.217. The van der Waals surface area contributed by atoms with Crippen molar-refractivity contribution in [2.45, 2.75) is 20.3 Å². The van der Waals surface area contributed by atoms with Gasteiger partial charge >= 0.3 is 0 Å². The highest BCUT2D eigenvalue weighted by Gasteiger charge is 2.00. The molecule has 0 saturated carbocycles. The number of rotatable bonds is 8. The number of hydrogen-bond acceptors (Lipinski definition) is 4. The van der Waals surface area contributed by atoms with Gasteiger partial charge in [0.05, 0.1) is 6.21 Å². The Morgan fingerprint density at radius 3 is 2.64 bits per heavy atom. The molecule has 25 heavy (non-hydrogen) atoms. The van der Waals surface area contributed by atoms with Crippen molar-refractivity contribution in [2.75, 3.05) is 13.2 Å². The van der Waals surface area contributed by atoms with Crippen LogP contribution < -0.4 is 20.6 Å². The summed E-state index contributed by atoms with van der Waals surface area (Å²) in [6.45, 7) is 5.14. The lowest BCUT2D eigenvalue weighted by atomic mass is 10.1. The number of nitrogens with two attached hydrogens (primary N) is 1. The van der Waals surface area contributed by atoms with Crippen molar-refractivity contribution in [2.24, 2.45) is 10.8 Å². The number of benzene rings is 2. The zero-order chi connectivity index (χ0) is 18.1. The summed E-state index contributed by atoms with van der Waals surface area (Å²) < 4.78 is 11.5. The molecule has 2 aromatic rings. The second-order valence-corrected chi connectivity index (χ2v) is 5.95. The van der Waals surface area contributed by atoms with E-state index in [9.17, 15) is 0 Å². The number of ether oxygens (including phenoxy) is 2. The molecule has 0 saturated heterocycles. The van der Waals surface area contributed by atoms with Crippen molar-refractivity contribution in [3.8, 4) is 11.5 Å². The third kappa shape index (κ3) is 6.81.